The number of anilines is 2. The van der Waals surface area contributed by atoms with Crippen molar-refractivity contribution < 1.29 is 0 Å². The molecule has 0 amide bonds. The van der Waals surface area contributed by atoms with Gasteiger partial charge in [0, 0.05) is 32.4 Å². The molecule has 6 nitrogen and oxygen atoms in total. The molecule has 3 rings (SSSR count). The van der Waals surface area contributed by atoms with E-state index >= 15 is 0 Å². The second-order valence-corrected chi connectivity index (χ2v) is 4.63. The lowest BCUT2D eigenvalue weighted by molar-refractivity contribution is 0.768. The second kappa shape index (κ2) is 5.69. The minimum Gasteiger partial charge on any atom is -0.350 e. The highest BCUT2D eigenvalue weighted by molar-refractivity contribution is 5.74. The Labute approximate surface area is 122 Å². The van der Waals surface area contributed by atoms with Crippen LogP contribution in [0.1, 0.15) is 12.1 Å². The summed E-state index contributed by atoms with van der Waals surface area (Å²) < 4.78 is 3.71. The quantitative estimate of drug-likeness (QED) is 0.713. The zero-order valence-electron chi connectivity index (χ0n) is 11.7. The van der Waals surface area contributed by atoms with Crippen LogP contribution in [0.15, 0.2) is 36.9 Å². The topological polar surface area (TPSA) is 73.2 Å². The van der Waals surface area contributed by atoms with E-state index in [1.165, 1.54) is 0 Å². The Bertz CT molecular complexity index is 817. The number of nitrogens with one attached hydrogen (secondary N) is 1. The van der Waals surface area contributed by atoms with E-state index in [0.717, 1.165) is 22.7 Å². The van der Waals surface area contributed by atoms with Gasteiger partial charge in [-0.25, -0.2) is 4.98 Å². The Morgan fingerprint density at radius 2 is 2.29 bits per heavy atom. The van der Waals surface area contributed by atoms with Gasteiger partial charge in [-0.1, -0.05) is 5.92 Å². The average Bonchev–Trinajstić information content (AvgIpc) is 3.07. The van der Waals surface area contributed by atoms with Crippen molar-refractivity contribution in [1.82, 2.24) is 19.2 Å². The van der Waals surface area contributed by atoms with Gasteiger partial charge in [-0.05, 0) is 18.1 Å². The van der Waals surface area contributed by atoms with Gasteiger partial charge in [-0.2, -0.15) is 5.10 Å². The predicted molar refractivity (Wildman–Crippen MR) is 82.2 cm³/mol. The fraction of sp³-hybridized carbons (Fsp3) is 0.200. The maximum absolute atomic E-state index is 5.45. The second-order valence-electron chi connectivity index (χ2n) is 4.63. The van der Waals surface area contributed by atoms with Crippen LogP contribution in [-0.4, -0.2) is 25.7 Å². The van der Waals surface area contributed by atoms with Crippen molar-refractivity contribution in [1.29, 1.82) is 0 Å². The number of fused-ring (bicyclic) bond motifs is 1. The number of hydrogen-bond donors (Lipinski definition) is 2. The van der Waals surface area contributed by atoms with E-state index < -0.39 is 0 Å². The molecule has 0 saturated heterocycles. The van der Waals surface area contributed by atoms with Crippen molar-refractivity contribution >= 4 is 17.0 Å². The highest BCUT2D eigenvalue weighted by Gasteiger charge is 2.06. The van der Waals surface area contributed by atoms with Crippen LogP contribution in [0.4, 0.5) is 11.4 Å². The molecule has 3 heterocycles. The first-order chi connectivity index (χ1) is 10.3. The molecule has 106 valence electrons. The van der Waals surface area contributed by atoms with Gasteiger partial charge in [0.15, 0.2) is 5.65 Å². The van der Waals surface area contributed by atoms with Crippen molar-refractivity contribution in [2.24, 2.45) is 12.8 Å². The first-order valence-electron chi connectivity index (χ1n) is 6.68. The van der Waals surface area contributed by atoms with Crippen molar-refractivity contribution in [2.45, 2.75) is 6.42 Å². The Kier molecular flexibility index (Phi) is 3.58. The fourth-order valence-corrected chi connectivity index (χ4v) is 2.07. The van der Waals surface area contributed by atoms with Gasteiger partial charge >= 0.3 is 0 Å². The molecular formula is C15H16N6. The first-order valence-corrected chi connectivity index (χ1v) is 6.68. The van der Waals surface area contributed by atoms with E-state index in [0.29, 0.717) is 13.0 Å². The molecule has 0 aliphatic heterocycles. The first kappa shape index (κ1) is 13.2. The maximum Gasteiger partial charge on any atom is 0.161 e. The van der Waals surface area contributed by atoms with E-state index in [4.69, 9.17) is 5.73 Å². The Balaban J connectivity index is 1.96. The third-order valence-electron chi connectivity index (χ3n) is 3.01. The van der Waals surface area contributed by atoms with Crippen LogP contribution in [0.25, 0.3) is 5.65 Å². The molecule has 3 aromatic rings. The molecule has 0 unspecified atom stereocenters. The van der Waals surface area contributed by atoms with Crippen LogP contribution in [0.5, 0.6) is 0 Å². The zero-order valence-corrected chi connectivity index (χ0v) is 11.7. The molecule has 0 spiro atoms. The SMILES string of the molecule is Cn1cc(Nc2cccn3c(C#CCCN)cnc23)cn1. The molecule has 0 radical (unpaired) electrons. The predicted octanol–water partition coefficient (Wildman–Crippen LogP) is 1.51. The van der Waals surface area contributed by atoms with Crippen molar-refractivity contribution in [3.63, 3.8) is 0 Å². The maximum atomic E-state index is 5.45. The molecule has 0 bridgehead atoms. The number of nitrogens with zero attached hydrogens (tertiary/aromatic N) is 4. The molecule has 0 aromatic carbocycles. The van der Waals surface area contributed by atoms with E-state index in [2.05, 4.69) is 27.2 Å². The molecule has 3 aromatic heterocycles. The van der Waals surface area contributed by atoms with Gasteiger partial charge in [0.05, 0.1) is 23.8 Å². The van der Waals surface area contributed by atoms with Crippen LogP contribution in [0, 0.1) is 11.8 Å². The van der Waals surface area contributed by atoms with Gasteiger partial charge in [-0.3, -0.25) is 9.08 Å². The number of nitrogens with two attached hydrogens (primary N) is 1. The third kappa shape index (κ3) is 2.73. The molecule has 0 atom stereocenters. The van der Waals surface area contributed by atoms with Crippen molar-refractivity contribution in [3.05, 3.63) is 42.6 Å². The number of pyridine rings is 1. The molecule has 6 heteroatoms. The number of aromatic nitrogens is 4. The Morgan fingerprint density at radius 3 is 3.05 bits per heavy atom. The smallest absolute Gasteiger partial charge is 0.161 e. The Morgan fingerprint density at radius 1 is 1.38 bits per heavy atom. The van der Waals surface area contributed by atoms with E-state index in [9.17, 15) is 0 Å². The summed E-state index contributed by atoms with van der Waals surface area (Å²) in [4.78, 5) is 4.44. The number of hydrogen-bond acceptors (Lipinski definition) is 4. The summed E-state index contributed by atoms with van der Waals surface area (Å²) in [5, 5.41) is 7.45. The Hall–Kier alpha value is -2.78. The van der Waals surface area contributed by atoms with Crippen molar-refractivity contribution in [2.75, 3.05) is 11.9 Å². The number of imidazole rings is 1. The van der Waals surface area contributed by atoms with Gasteiger partial charge in [0.25, 0.3) is 0 Å². The highest BCUT2D eigenvalue weighted by atomic mass is 15.3. The van der Waals surface area contributed by atoms with Crippen LogP contribution in [0.3, 0.4) is 0 Å². The van der Waals surface area contributed by atoms with Crippen LogP contribution >= 0.6 is 0 Å². The largest absolute Gasteiger partial charge is 0.350 e. The monoisotopic (exact) mass is 280 g/mol. The zero-order chi connectivity index (χ0) is 14.7. The van der Waals surface area contributed by atoms with E-state index in [-0.39, 0.29) is 0 Å². The summed E-state index contributed by atoms with van der Waals surface area (Å²) in [6, 6.07) is 3.94. The normalized spacial score (nSPS) is 10.4. The molecule has 0 fully saturated rings. The number of aryl methyl sites for hydroxylation is 1. The van der Waals surface area contributed by atoms with Gasteiger partial charge in [0.1, 0.15) is 5.69 Å². The summed E-state index contributed by atoms with van der Waals surface area (Å²) in [5.41, 5.74) is 8.97. The van der Waals surface area contributed by atoms with E-state index in [1.807, 2.05) is 36.0 Å². The van der Waals surface area contributed by atoms with E-state index in [1.54, 1.807) is 17.1 Å². The molecular weight excluding hydrogens is 264 g/mol. The summed E-state index contributed by atoms with van der Waals surface area (Å²) in [6.07, 6.45) is 8.08. The summed E-state index contributed by atoms with van der Waals surface area (Å²) in [7, 11) is 1.88. The highest BCUT2D eigenvalue weighted by Crippen LogP contribution is 2.21. The lowest BCUT2D eigenvalue weighted by atomic mass is 10.3. The minimum atomic E-state index is 0.567. The molecule has 3 N–H and O–H groups in total. The number of rotatable bonds is 3. The van der Waals surface area contributed by atoms with Crippen LogP contribution in [-0.2, 0) is 7.05 Å². The molecule has 0 saturated carbocycles. The summed E-state index contributed by atoms with van der Waals surface area (Å²) in [5.74, 6) is 6.12. The van der Waals surface area contributed by atoms with Crippen LogP contribution < -0.4 is 11.1 Å². The minimum absolute atomic E-state index is 0.567. The fourth-order valence-electron chi connectivity index (χ4n) is 2.07. The van der Waals surface area contributed by atoms with Gasteiger partial charge in [-0.15, -0.1) is 0 Å². The van der Waals surface area contributed by atoms with Gasteiger partial charge in [0.2, 0.25) is 0 Å². The van der Waals surface area contributed by atoms with Crippen LogP contribution in [0.2, 0.25) is 0 Å². The summed E-state index contributed by atoms with van der Waals surface area (Å²) >= 11 is 0. The molecule has 0 aliphatic rings. The third-order valence-corrected chi connectivity index (χ3v) is 3.01. The molecule has 21 heavy (non-hydrogen) atoms. The average molecular weight is 280 g/mol. The standard InChI is InChI=1S/C15H16N6/c1-20-11-12(9-18-20)19-14-6-4-8-21-13(5-2-3-7-16)10-17-15(14)21/h4,6,8-11,19H,3,7,16H2,1H3. The van der Waals surface area contributed by atoms with Gasteiger partial charge < -0.3 is 11.1 Å². The molecule has 0 aliphatic carbocycles. The lowest BCUT2D eigenvalue weighted by Gasteiger charge is -2.05. The lowest BCUT2D eigenvalue weighted by Crippen LogP contribution is -1.96. The van der Waals surface area contributed by atoms with Crippen molar-refractivity contribution in [3.8, 4) is 11.8 Å². The summed E-state index contributed by atoms with van der Waals surface area (Å²) in [6.45, 7) is 0.567.